The average molecular weight is 465 g/mol. The second-order valence-electron chi connectivity index (χ2n) is 5.22. The summed E-state index contributed by atoms with van der Waals surface area (Å²) >= 11 is 0. The summed E-state index contributed by atoms with van der Waals surface area (Å²) in [5, 5.41) is 2.88. The molecule has 25 heavy (non-hydrogen) atoms. The van der Waals surface area contributed by atoms with Gasteiger partial charge < -0.3 is 15.8 Å². The van der Waals surface area contributed by atoms with Gasteiger partial charge in [0, 0.05) is 5.69 Å². The van der Waals surface area contributed by atoms with E-state index in [1.807, 2.05) is 32.0 Å². The third-order valence-electron chi connectivity index (χ3n) is 3.48. The lowest BCUT2D eigenvalue weighted by atomic mass is 10.1. The molecule has 4 nitrogen and oxygen atoms in total. The van der Waals surface area contributed by atoms with E-state index in [1.54, 1.807) is 0 Å². The molecule has 2 aromatic rings. The molecule has 0 saturated heterocycles. The van der Waals surface area contributed by atoms with Crippen LogP contribution in [0, 0.1) is 19.7 Å². The van der Waals surface area contributed by atoms with Crippen LogP contribution in [0.25, 0.3) is 0 Å². The van der Waals surface area contributed by atoms with Crippen molar-refractivity contribution in [1.29, 1.82) is 0 Å². The number of aliphatic imine (C=N–C) groups is 1. The largest absolute Gasteiger partial charge is 0.434 e. The van der Waals surface area contributed by atoms with Crippen LogP contribution >= 0.6 is 24.0 Å². The molecule has 2 aromatic carbocycles. The number of halogens is 4. The monoisotopic (exact) mass is 465 g/mol. The molecule has 0 atom stereocenters. The zero-order chi connectivity index (χ0) is 17.7. The molecule has 136 valence electrons. The summed E-state index contributed by atoms with van der Waals surface area (Å²) in [4.78, 5) is 3.99. The fraction of sp³-hybridized carbons (Fsp3) is 0.235. The highest BCUT2D eigenvalue weighted by Crippen LogP contribution is 2.24. The summed E-state index contributed by atoms with van der Waals surface area (Å²) < 4.78 is 42.9. The van der Waals surface area contributed by atoms with Crippen molar-refractivity contribution in [3.05, 3.63) is 58.9 Å². The number of hydrogen-bond acceptors (Lipinski definition) is 2. The molecule has 0 fully saturated rings. The number of nitrogens with zero attached hydrogens (tertiary/aromatic N) is 1. The number of ether oxygens (including phenoxy) is 1. The molecule has 0 bridgehead atoms. The Morgan fingerprint density at radius 3 is 2.56 bits per heavy atom. The van der Waals surface area contributed by atoms with E-state index in [1.165, 1.54) is 12.1 Å². The van der Waals surface area contributed by atoms with Crippen molar-refractivity contribution < 1.29 is 17.9 Å². The molecule has 0 unspecified atom stereocenters. The molecule has 0 amide bonds. The number of nitrogens with one attached hydrogen (secondary N) is 1. The van der Waals surface area contributed by atoms with Gasteiger partial charge in [0.15, 0.2) is 5.96 Å². The molecule has 0 aromatic heterocycles. The topological polar surface area (TPSA) is 59.6 Å². The number of alkyl halides is 2. The highest BCUT2D eigenvalue weighted by Gasteiger charge is 2.13. The first-order chi connectivity index (χ1) is 11.4. The Balaban J connectivity index is 0.00000312. The maximum absolute atomic E-state index is 13.8. The van der Waals surface area contributed by atoms with Gasteiger partial charge in [0.25, 0.3) is 0 Å². The van der Waals surface area contributed by atoms with Gasteiger partial charge in [-0.2, -0.15) is 8.78 Å². The molecule has 2 rings (SSSR count). The molecular formula is C17H19F3IN3O. The Labute approximate surface area is 161 Å². The van der Waals surface area contributed by atoms with Crippen molar-refractivity contribution in [2.45, 2.75) is 27.0 Å². The summed E-state index contributed by atoms with van der Waals surface area (Å²) in [7, 11) is 0. The predicted molar refractivity (Wildman–Crippen MR) is 103 cm³/mol. The summed E-state index contributed by atoms with van der Waals surface area (Å²) in [6, 6.07) is 9.35. The molecular weight excluding hydrogens is 446 g/mol. The van der Waals surface area contributed by atoms with Crippen LogP contribution in [0.2, 0.25) is 0 Å². The number of hydrogen-bond donors (Lipinski definition) is 2. The van der Waals surface area contributed by atoms with Gasteiger partial charge in [-0.25, -0.2) is 9.38 Å². The van der Waals surface area contributed by atoms with E-state index >= 15 is 0 Å². The molecule has 0 aliphatic heterocycles. The lowest BCUT2D eigenvalue weighted by Gasteiger charge is -2.11. The molecule has 3 N–H and O–H groups in total. The maximum atomic E-state index is 13.8. The number of rotatable bonds is 5. The van der Waals surface area contributed by atoms with Crippen molar-refractivity contribution in [2.24, 2.45) is 10.7 Å². The van der Waals surface area contributed by atoms with E-state index in [-0.39, 0.29) is 47.8 Å². The molecule has 8 heteroatoms. The van der Waals surface area contributed by atoms with Crippen molar-refractivity contribution in [2.75, 3.05) is 5.32 Å². The Kier molecular flexibility index (Phi) is 8.01. The zero-order valence-electron chi connectivity index (χ0n) is 13.7. The van der Waals surface area contributed by atoms with Crippen LogP contribution in [0.5, 0.6) is 5.75 Å². The van der Waals surface area contributed by atoms with Crippen LogP contribution in [-0.4, -0.2) is 12.6 Å². The lowest BCUT2D eigenvalue weighted by Crippen LogP contribution is -2.22. The summed E-state index contributed by atoms with van der Waals surface area (Å²) in [6.07, 6.45) is 0. The third kappa shape index (κ3) is 6.11. The number of anilines is 1. The van der Waals surface area contributed by atoms with Gasteiger partial charge in [-0.15, -0.1) is 24.0 Å². The second-order valence-corrected chi connectivity index (χ2v) is 5.22. The Hall–Kier alpha value is -1.97. The fourth-order valence-electron chi connectivity index (χ4n) is 2.07. The third-order valence-corrected chi connectivity index (χ3v) is 3.48. The van der Waals surface area contributed by atoms with Gasteiger partial charge in [0.2, 0.25) is 0 Å². The van der Waals surface area contributed by atoms with E-state index in [9.17, 15) is 13.2 Å². The van der Waals surface area contributed by atoms with Crippen molar-refractivity contribution in [1.82, 2.24) is 0 Å². The zero-order valence-corrected chi connectivity index (χ0v) is 16.1. The number of guanidine groups is 1. The van der Waals surface area contributed by atoms with Gasteiger partial charge in [-0.3, -0.25) is 0 Å². The first kappa shape index (κ1) is 21.1. The smallest absolute Gasteiger partial charge is 0.387 e. The van der Waals surface area contributed by atoms with Crippen LogP contribution in [-0.2, 0) is 6.54 Å². The Morgan fingerprint density at radius 2 is 1.92 bits per heavy atom. The molecule has 0 aliphatic rings. The highest BCUT2D eigenvalue weighted by molar-refractivity contribution is 14.0. The van der Waals surface area contributed by atoms with Crippen molar-refractivity contribution >= 4 is 35.6 Å². The van der Waals surface area contributed by atoms with Gasteiger partial charge >= 0.3 is 6.61 Å². The normalized spacial score (nSPS) is 11.2. The van der Waals surface area contributed by atoms with E-state index < -0.39 is 12.4 Å². The minimum absolute atomic E-state index is 0. The van der Waals surface area contributed by atoms with Gasteiger partial charge in [0.1, 0.15) is 11.6 Å². The summed E-state index contributed by atoms with van der Waals surface area (Å²) in [5.41, 5.74) is 8.64. The van der Waals surface area contributed by atoms with Gasteiger partial charge in [-0.1, -0.05) is 12.1 Å². The van der Waals surface area contributed by atoms with Crippen molar-refractivity contribution in [3.8, 4) is 5.75 Å². The molecule has 0 heterocycles. The molecule has 0 saturated carbocycles. The SMILES string of the molecule is Cc1ccc(NC(N)=NCc2c(F)cccc2OC(F)F)cc1C.I. The quantitative estimate of drug-likeness (QED) is 0.386. The Bertz CT molecular complexity index is 754. The lowest BCUT2D eigenvalue weighted by molar-refractivity contribution is -0.0506. The van der Waals surface area contributed by atoms with E-state index in [4.69, 9.17) is 5.73 Å². The number of nitrogens with two attached hydrogens (primary N) is 1. The summed E-state index contributed by atoms with van der Waals surface area (Å²) in [6.45, 7) is 0.680. The minimum atomic E-state index is -3.04. The van der Waals surface area contributed by atoms with Crippen LogP contribution in [0.4, 0.5) is 18.9 Å². The summed E-state index contributed by atoms with van der Waals surface area (Å²) in [5.74, 6) is -0.895. The molecule has 0 radical (unpaired) electrons. The number of aryl methyl sites for hydroxylation is 2. The molecule has 0 aliphatic carbocycles. The van der Waals surface area contributed by atoms with Crippen LogP contribution < -0.4 is 15.8 Å². The van der Waals surface area contributed by atoms with E-state index in [2.05, 4.69) is 15.0 Å². The van der Waals surface area contributed by atoms with E-state index in [0.717, 1.165) is 22.9 Å². The van der Waals surface area contributed by atoms with Gasteiger partial charge in [0.05, 0.1) is 12.1 Å². The van der Waals surface area contributed by atoms with Gasteiger partial charge in [-0.05, 0) is 49.2 Å². The highest BCUT2D eigenvalue weighted by atomic mass is 127. The number of benzene rings is 2. The van der Waals surface area contributed by atoms with Crippen LogP contribution in [0.3, 0.4) is 0 Å². The fourth-order valence-corrected chi connectivity index (χ4v) is 2.07. The minimum Gasteiger partial charge on any atom is -0.434 e. The maximum Gasteiger partial charge on any atom is 0.387 e. The first-order valence-electron chi connectivity index (χ1n) is 7.23. The van der Waals surface area contributed by atoms with E-state index in [0.29, 0.717) is 0 Å². The predicted octanol–water partition coefficient (Wildman–Crippen LogP) is 4.59. The first-order valence-corrected chi connectivity index (χ1v) is 7.23. The molecule has 0 spiro atoms. The van der Waals surface area contributed by atoms with Crippen LogP contribution in [0.1, 0.15) is 16.7 Å². The Morgan fingerprint density at radius 1 is 1.20 bits per heavy atom. The second kappa shape index (κ2) is 9.50. The van der Waals surface area contributed by atoms with Crippen molar-refractivity contribution in [3.63, 3.8) is 0 Å². The standard InChI is InChI=1S/C17H18F3N3O.HI/c1-10-6-7-12(8-11(10)2)23-17(21)22-9-13-14(18)4-3-5-15(13)24-16(19)20;/h3-8,16H,9H2,1-2H3,(H3,21,22,23);1H. The average Bonchev–Trinajstić information content (AvgIpc) is 2.50. The van der Waals surface area contributed by atoms with Crippen LogP contribution in [0.15, 0.2) is 41.4 Å².